The molecule has 0 saturated heterocycles. The molecule has 1 aliphatic carbocycles. The first kappa shape index (κ1) is 24.5. The van der Waals surface area contributed by atoms with Crippen LogP contribution in [0.2, 0.25) is 0 Å². The van der Waals surface area contributed by atoms with Gasteiger partial charge in [0.1, 0.15) is 5.58 Å². The third kappa shape index (κ3) is 3.83. The smallest absolute Gasteiger partial charge is 0.159 e. The predicted molar refractivity (Wildman–Crippen MR) is 168 cm³/mol. The maximum Gasteiger partial charge on any atom is 0.159 e. The third-order valence-corrected chi connectivity index (χ3v) is 9.08. The van der Waals surface area contributed by atoms with Crippen molar-refractivity contribution in [1.82, 2.24) is 0 Å². The average molecular weight is 536 g/mol. The van der Waals surface area contributed by atoms with E-state index >= 15 is 0 Å². The number of hydrogen-bond donors (Lipinski definition) is 0. The van der Waals surface area contributed by atoms with E-state index in [-0.39, 0.29) is 11.2 Å². The van der Waals surface area contributed by atoms with E-state index in [1.165, 1.54) is 35.1 Å². The molecule has 1 aliphatic heterocycles. The van der Waals surface area contributed by atoms with Gasteiger partial charge in [0.25, 0.3) is 0 Å². The molecule has 6 aromatic rings. The minimum atomic E-state index is -0.314. The standard InChI is InChI=1S/C38H33NO2/c1-37(2)33-24-26(19-20-32(33)38(41-37)21-11-12-22-38)27-23-31-30-17-9-10-18-35(30)40-36(31)34(25-27)39(28-13-5-3-6-14-28)29-15-7-4-8-16-29/h3-10,13-20,23-25H,11-12,21-22H2,1-2H3. The number of fused-ring (bicyclic) bond motifs is 5. The molecule has 2 heterocycles. The van der Waals surface area contributed by atoms with Crippen LogP contribution in [0.1, 0.15) is 50.7 Å². The lowest BCUT2D eigenvalue weighted by atomic mass is 9.85. The lowest BCUT2D eigenvalue weighted by Crippen LogP contribution is -2.25. The first-order chi connectivity index (χ1) is 20.0. The van der Waals surface area contributed by atoms with E-state index in [0.717, 1.165) is 51.8 Å². The highest BCUT2D eigenvalue weighted by Crippen LogP contribution is 2.55. The highest BCUT2D eigenvalue weighted by Gasteiger charge is 2.50. The third-order valence-electron chi connectivity index (χ3n) is 9.08. The fraction of sp³-hybridized carbons (Fsp3) is 0.211. The van der Waals surface area contributed by atoms with Gasteiger partial charge in [-0.25, -0.2) is 0 Å². The first-order valence-corrected chi connectivity index (χ1v) is 14.7. The Kier molecular flexibility index (Phi) is 5.42. The van der Waals surface area contributed by atoms with E-state index in [0.29, 0.717) is 0 Å². The number of hydrogen-bond acceptors (Lipinski definition) is 3. The van der Waals surface area contributed by atoms with Crippen molar-refractivity contribution in [3.8, 4) is 11.1 Å². The summed E-state index contributed by atoms with van der Waals surface area (Å²) < 4.78 is 13.4. The Morgan fingerprint density at radius 3 is 1.98 bits per heavy atom. The van der Waals surface area contributed by atoms with Crippen molar-refractivity contribution in [3.63, 3.8) is 0 Å². The molecule has 41 heavy (non-hydrogen) atoms. The van der Waals surface area contributed by atoms with Crippen molar-refractivity contribution in [2.75, 3.05) is 4.90 Å². The van der Waals surface area contributed by atoms with Crippen LogP contribution in [-0.2, 0) is 15.9 Å². The molecule has 0 N–H and O–H groups in total. The molecule has 3 nitrogen and oxygen atoms in total. The molecule has 3 heteroatoms. The maximum absolute atomic E-state index is 6.83. The molecule has 2 aliphatic rings. The van der Waals surface area contributed by atoms with Crippen LogP contribution in [0.25, 0.3) is 33.1 Å². The van der Waals surface area contributed by atoms with Gasteiger partial charge >= 0.3 is 0 Å². The number of para-hydroxylation sites is 3. The van der Waals surface area contributed by atoms with Gasteiger partial charge in [-0.15, -0.1) is 0 Å². The van der Waals surface area contributed by atoms with Gasteiger partial charge in [0.2, 0.25) is 0 Å². The van der Waals surface area contributed by atoms with Crippen LogP contribution >= 0.6 is 0 Å². The Morgan fingerprint density at radius 2 is 1.27 bits per heavy atom. The van der Waals surface area contributed by atoms with Gasteiger partial charge in [-0.3, -0.25) is 0 Å². The average Bonchev–Trinajstić information content (AvgIpc) is 3.68. The van der Waals surface area contributed by atoms with Gasteiger partial charge in [-0.2, -0.15) is 0 Å². The summed E-state index contributed by atoms with van der Waals surface area (Å²) in [6.07, 6.45) is 4.70. The van der Waals surface area contributed by atoms with Crippen LogP contribution in [0.3, 0.4) is 0 Å². The summed E-state index contributed by atoms with van der Waals surface area (Å²) in [5, 5.41) is 2.25. The van der Waals surface area contributed by atoms with E-state index in [9.17, 15) is 0 Å². The highest BCUT2D eigenvalue weighted by molar-refractivity contribution is 6.12. The molecule has 0 amide bonds. The zero-order chi connectivity index (χ0) is 27.6. The van der Waals surface area contributed by atoms with E-state index < -0.39 is 0 Å². The minimum absolute atomic E-state index is 0.120. The second-order valence-electron chi connectivity index (χ2n) is 12.1. The normalized spacial score (nSPS) is 16.9. The molecule has 1 fully saturated rings. The number of benzene rings is 5. The fourth-order valence-corrected chi connectivity index (χ4v) is 7.26. The Bertz CT molecular complexity index is 1860. The summed E-state index contributed by atoms with van der Waals surface area (Å²) in [7, 11) is 0. The number of ether oxygens (including phenoxy) is 1. The first-order valence-electron chi connectivity index (χ1n) is 14.7. The lowest BCUT2D eigenvalue weighted by molar-refractivity contribution is -0.122. The van der Waals surface area contributed by atoms with E-state index in [1.54, 1.807) is 0 Å². The summed E-state index contributed by atoms with van der Waals surface area (Å²) in [5.74, 6) is 0. The number of nitrogens with zero attached hydrogens (tertiary/aromatic N) is 1. The molecular formula is C38H33NO2. The predicted octanol–water partition coefficient (Wildman–Crippen LogP) is 10.8. The summed E-state index contributed by atoms with van der Waals surface area (Å²) >= 11 is 0. The van der Waals surface area contributed by atoms with Crippen LogP contribution in [-0.4, -0.2) is 0 Å². The minimum Gasteiger partial charge on any atom is -0.454 e. The molecular weight excluding hydrogens is 502 g/mol. The van der Waals surface area contributed by atoms with E-state index in [4.69, 9.17) is 9.15 Å². The van der Waals surface area contributed by atoms with Crippen molar-refractivity contribution in [2.24, 2.45) is 0 Å². The van der Waals surface area contributed by atoms with Crippen LogP contribution in [0, 0.1) is 0 Å². The number of anilines is 3. The van der Waals surface area contributed by atoms with Gasteiger partial charge < -0.3 is 14.1 Å². The van der Waals surface area contributed by atoms with Crippen molar-refractivity contribution in [3.05, 3.63) is 126 Å². The Balaban J connectivity index is 1.39. The van der Waals surface area contributed by atoms with Crippen molar-refractivity contribution in [1.29, 1.82) is 0 Å². The molecule has 202 valence electrons. The second-order valence-corrected chi connectivity index (χ2v) is 12.1. The lowest BCUT2D eigenvalue weighted by Gasteiger charge is -2.28. The summed E-state index contributed by atoms with van der Waals surface area (Å²) in [6.45, 7) is 4.46. The molecule has 1 spiro atoms. The van der Waals surface area contributed by atoms with Crippen LogP contribution in [0.5, 0.6) is 0 Å². The van der Waals surface area contributed by atoms with Gasteiger partial charge in [-0.1, -0.05) is 79.6 Å². The molecule has 0 atom stereocenters. The molecule has 0 unspecified atom stereocenters. The fourth-order valence-electron chi connectivity index (χ4n) is 7.26. The van der Waals surface area contributed by atoms with Crippen molar-refractivity contribution in [2.45, 2.75) is 50.7 Å². The topological polar surface area (TPSA) is 25.6 Å². The zero-order valence-corrected chi connectivity index (χ0v) is 23.6. The monoisotopic (exact) mass is 535 g/mol. The van der Waals surface area contributed by atoms with E-state index in [2.05, 4.69) is 128 Å². The van der Waals surface area contributed by atoms with Gasteiger partial charge in [-0.05, 0) is 97.5 Å². The largest absolute Gasteiger partial charge is 0.454 e. The zero-order valence-electron chi connectivity index (χ0n) is 23.6. The second kappa shape index (κ2) is 9.09. The SMILES string of the molecule is CC1(C)OC2(CCCC2)c2ccc(-c3cc(N(c4ccccc4)c4ccccc4)c4oc5ccccc5c4c3)cc21. The van der Waals surface area contributed by atoms with Gasteiger partial charge in [0.05, 0.1) is 16.9 Å². The molecule has 1 aromatic heterocycles. The van der Waals surface area contributed by atoms with Crippen LogP contribution < -0.4 is 4.90 Å². The van der Waals surface area contributed by atoms with Gasteiger partial charge in [0, 0.05) is 22.1 Å². The highest BCUT2D eigenvalue weighted by atomic mass is 16.5. The van der Waals surface area contributed by atoms with Gasteiger partial charge in [0.15, 0.2) is 5.58 Å². The quantitative estimate of drug-likeness (QED) is 0.224. The Labute approximate surface area is 241 Å². The van der Waals surface area contributed by atoms with Crippen molar-refractivity contribution >= 4 is 39.0 Å². The van der Waals surface area contributed by atoms with Crippen LogP contribution in [0.15, 0.2) is 120 Å². The van der Waals surface area contributed by atoms with E-state index in [1.807, 2.05) is 6.07 Å². The number of furan rings is 1. The molecule has 0 bridgehead atoms. The molecule has 1 saturated carbocycles. The molecule has 0 radical (unpaired) electrons. The van der Waals surface area contributed by atoms with Crippen molar-refractivity contribution < 1.29 is 9.15 Å². The molecule has 8 rings (SSSR count). The Hall–Kier alpha value is -4.34. The maximum atomic E-state index is 6.83. The summed E-state index contributed by atoms with van der Waals surface area (Å²) in [6, 6.07) is 41.1. The van der Waals surface area contributed by atoms with Crippen LogP contribution in [0.4, 0.5) is 17.1 Å². The Morgan fingerprint density at radius 1 is 0.610 bits per heavy atom. The summed E-state index contributed by atoms with van der Waals surface area (Å²) in [4.78, 5) is 2.31. The number of rotatable bonds is 4. The molecule has 5 aromatic carbocycles. The summed E-state index contributed by atoms with van der Waals surface area (Å²) in [5.41, 5.74) is 9.61.